The molecular weight excluding hydrogens is 364 g/mol. The maximum atomic E-state index is 13.3. The molecule has 1 saturated heterocycles. The Kier molecular flexibility index (Phi) is 5.88. The van der Waals surface area contributed by atoms with Crippen LogP contribution < -0.4 is 4.74 Å². The van der Waals surface area contributed by atoms with Crippen molar-refractivity contribution in [3.63, 3.8) is 0 Å². The maximum Gasteiger partial charge on any atom is 0.263 e. The monoisotopic (exact) mass is 396 g/mol. The SMILES string of the molecule is CC(Oc1cccc(C(C)C)c1)C(=O)N1CCCC1c1nnc2n1CCCCC2. The van der Waals surface area contributed by atoms with Crippen LogP contribution in [0.25, 0.3) is 0 Å². The number of aryl methyl sites for hydroxylation is 1. The summed E-state index contributed by atoms with van der Waals surface area (Å²) in [6.07, 6.45) is 5.96. The van der Waals surface area contributed by atoms with Crippen LogP contribution in [0.5, 0.6) is 5.75 Å². The van der Waals surface area contributed by atoms with E-state index in [0.29, 0.717) is 5.92 Å². The Morgan fingerprint density at radius 1 is 1.10 bits per heavy atom. The van der Waals surface area contributed by atoms with E-state index in [1.807, 2.05) is 30.0 Å². The number of benzene rings is 1. The summed E-state index contributed by atoms with van der Waals surface area (Å²) in [5.74, 6) is 3.25. The second kappa shape index (κ2) is 8.56. The van der Waals surface area contributed by atoms with Gasteiger partial charge in [-0.05, 0) is 56.2 Å². The quantitative estimate of drug-likeness (QED) is 0.758. The molecule has 0 radical (unpaired) electrons. The van der Waals surface area contributed by atoms with Gasteiger partial charge >= 0.3 is 0 Å². The van der Waals surface area contributed by atoms with Crippen LogP contribution in [-0.4, -0.2) is 38.2 Å². The van der Waals surface area contributed by atoms with Crippen LogP contribution in [0.3, 0.4) is 0 Å². The van der Waals surface area contributed by atoms with Gasteiger partial charge in [-0.25, -0.2) is 0 Å². The Morgan fingerprint density at radius 2 is 1.97 bits per heavy atom. The molecule has 0 spiro atoms. The number of rotatable bonds is 5. The first-order valence-corrected chi connectivity index (χ1v) is 11.0. The van der Waals surface area contributed by atoms with Gasteiger partial charge in [0.2, 0.25) is 0 Å². The first kappa shape index (κ1) is 19.9. The van der Waals surface area contributed by atoms with Gasteiger partial charge in [-0.15, -0.1) is 10.2 Å². The summed E-state index contributed by atoms with van der Waals surface area (Å²) in [7, 11) is 0. The van der Waals surface area contributed by atoms with Crippen LogP contribution in [0.15, 0.2) is 24.3 Å². The van der Waals surface area contributed by atoms with Gasteiger partial charge in [-0.2, -0.15) is 0 Å². The lowest BCUT2D eigenvalue weighted by Gasteiger charge is -2.27. The second-order valence-corrected chi connectivity index (χ2v) is 8.61. The molecule has 6 heteroatoms. The summed E-state index contributed by atoms with van der Waals surface area (Å²) in [5.41, 5.74) is 1.22. The number of likely N-dealkylation sites (tertiary alicyclic amines) is 1. The fourth-order valence-corrected chi connectivity index (χ4v) is 4.49. The summed E-state index contributed by atoms with van der Waals surface area (Å²) in [6.45, 7) is 7.88. The van der Waals surface area contributed by atoms with Crippen molar-refractivity contribution in [1.82, 2.24) is 19.7 Å². The third kappa shape index (κ3) is 4.16. The fourth-order valence-electron chi connectivity index (χ4n) is 4.49. The lowest BCUT2D eigenvalue weighted by molar-refractivity contribution is -0.139. The third-order valence-corrected chi connectivity index (χ3v) is 6.16. The Bertz CT molecular complexity index is 860. The summed E-state index contributed by atoms with van der Waals surface area (Å²) >= 11 is 0. The highest BCUT2D eigenvalue weighted by atomic mass is 16.5. The van der Waals surface area contributed by atoms with Gasteiger partial charge in [0, 0.05) is 19.5 Å². The van der Waals surface area contributed by atoms with Crippen LogP contribution in [-0.2, 0) is 17.8 Å². The fraction of sp³-hybridized carbons (Fsp3) is 0.609. The molecule has 0 bridgehead atoms. The molecule has 2 aromatic rings. The predicted octanol–water partition coefficient (Wildman–Crippen LogP) is 4.26. The minimum atomic E-state index is -0.524. The molecule has 0 aliphatic carbocycles. The number of hydrogen-bond donors (Lipinski definition) is 0. The van der Waals surface area contributed by atoms with E-state index < -0.39 is 6.10 Å². The van der Waals surface area contributed by atoms with E-state index in [1.165, 1.54) is 18.4 Å². The molecule has 1 aromatic carbocycles. The smallest absolute Gasteiger partial charge is 0.263 e. The first-order valence-electron chi connectivity index (χ1n) is 11.0. The highest BCUT2D eigenvalue weighted by Crippen LogP contribution is 2.33. The van der Waals surface area contributed by atoms with Gasteiger partial charge < -0.3 is 14.2 Å². The molecule has 2 unspecified atom stereocenters. The molecule has 0 saturated carbocycles. The molecule has 1 aromatic heterocycles. The molecular formula is C23H32N4O2. The minimum Gasteiger partial charge on any atom is -0.481 e. The zero-order chi connectivity index (χ0) is 20.4. The Hall–Kier alpha value is -2.37. The molecule has 1 amide bonds. The average Bonchev–Trinajstić information content (AvgIpc) is 3.28. The van der Waals surface area contributed by atoms with E-state index in [4.69, 9.17) is 4.74 Å². The topological polar surface area (TPSA) is 60.2 Å². The van der Waals surface area contributed by atoms with E-state index in [0.717, 1.165) is 56.2 Å². The van der Waals surface area contributed by atoms with Gasteiger partial charge in [-0.3, -0.25) is 4.79 Å². The maximum absolute atomic E-state index is 13.3. The summed E-state index contributed by atoms with van der Waals surface area (Å²) in [5, 5.41) is 8.94. The lowest BCUT2D eigenvalue weighted by Crippen LogP contribution is -2.40. The number of carbonyl (C=O) groups excluding carboxylic acids is 1. The second-order valence-electron chi connectivity index (χ2n) is 8.61. The van der Waals surface area contributed by atoms with Crippen LogP contribution >= 0.6 is 0 Å². The van der Waals surface area contributed by atoms with Crippen molar-refractivity contribution in [2.24, 2.45) is 0 Å². The molecule has 4 rings (SSSR count). The van der Waals surface area contributed by atoms with E-state index in [-0.39, 0.29) is 11.9 Å². The number of carbonyl (C=O) groups is 1. The van der Waals surface area contributed by atoms with Crippen LogP contribution in [0, 0.1) is 0 Å². The van der Waals surface area contributed by atoms with Gasteiger partial charge in [0.25, 0.3) is 5.91 Å². The van der Waals surface area contributed by atoms with Crippen molar-refractivity contribution >= 4 is 5.91 Å². The highest BCUT2D eigenvalue weighted by molar-refractivity contribution is 5.81. The molecule has 0 N–H and O–H groups in total. The number of amides is 1. The van der Waals surface area contributed by atoms with Crippen molar-refractivity contribution in [3.05, 3.63) is 41.5 Å². The van der Waals surface area contributed by atoms with Crippen molar-refractivity contribution < 1.29 is 9.53 Å². The number of fused-ring (bicyclic) bond motifs is 1. The summed E-state index contributed by atoms with van der Waals surface area (Å²) in [4.78, 5) is 15.2. The van der Waals surface area contributed by atoms with Crippen molar-refractivity contribution in [1.29, 1.82) is 0 Å². The molecule has 156 valence electrons. The van der Waals surface area contributed by atoms with E-state index in [2.05, 4.69) is 34.7 Å². The minimum absolute atomic E-state index is 0.00917. The molecule has 1 fully saturated rings. The zero-order valence-corrected chi connectivity index (χ0v) is 17.8. The zero-order valence-electron chi connectivity index (χ0n) is 17.8. The molecule has 3 heterocycles. The summed E-state index contributed by atoms with van der Waals surface area (Å²) in [6, 6.07) is 8.06. The Morgan fingerprint density at radius 3 is 2.79 bits per heavy atom. The normalized spacial score (nSPS) is 20.4. The van der Waals surface area contributed by atoms with Crippen molar-refractivity contribution in [2.45, 2.75) is 83.9 Å². The Balaban J connectivity index is 1.49. The Labute approximate surface area is 173 Å². The van der Waals surface area contributed by atoms with E-state index in [9.17, 15) is 4.79 Å². The van der Waals surface area contributed by atoms with Crippen LogP contribution in [0.4, 0.5) is 0 Å². The number of nitrogens with zero attached hydrogens (tertiary/aromatic N) is 4. The van der Waals surface area contributed by atoms with Gasteiger partial charge in [0.1, 0.15) is 11.6 Å². The number of hydrogen-bond acceptors (Lipinski definition) is 4. The van der Waals surface area contributed by atoms with Gasteiger partial charge in [-0.1, -0.05) is 32.4 Å². The van der Waals surface area contributed by atoms with Gasteiger partial charge in [0.05, 0.1) is 6.04 Å². The molecule has 6 nitrogen and oxygen atoms in total. The number of ether oxygens (including phenoxy) is 1. The molecule has 29 heavy (non-hydrogen) atoms. The first-order chi connectivity index (χ1) is 14.0. The highest BCUT2D eigenvalue weighted by Gasteiger charge is 2.36. The molecule has 2 aliphatic rings. The van der Waals surface area contributed by atoms with Crippen molar-refractivity contribution in [3.8, 4) is 5.75 Å². The average molecular weight is 397 g/mol. The molecule has 2 atom stereocenters. The van der Waals surface area contributed by atoms with Crippen LogP contribution in [0.1, 0.15) is 82.0 Å². The van der Waals surface area contributed by atoms with Gasteiger partial charge in [0.15, 0.2) is 11.9 Å². The van der Waals surface area contributed by atoms with Crippen molar-refractivity contribution in [2.75, 3.05) is 6.54 Å². The largest absolute Gasteiger partial charge is 0.481 e. The summed E-state index contributed by atoms with van der Waals surface area (Å²) < 4.78 is 8.31. The van der Waals surface area contributed by atoms with E-state index in [1.54, 1.807) is 0 Å². The third-order valence-electron chi connectivity index (χ3n) is 6.16. The van der Waals surface area contributed by atoms with E-state index >= 15 is 0 Å². The standard InChI is InChI=1S/C23H32N4O2/c1-16(2)18-9-7-10-19(15-18)29-17(3)23(28)26-14-8-11-20(26)22-25-24-21-12-5-4-6-13-27(21)22/h7,9-10,15-17,20H,4-6,8,11-14H2,1-3H3. The lowest BCUT2D eigenvalue weighted by atomic mass is 10.0. The van der Waals surface area contributed by atoms with Crippen LogP contribution in [0.2, 0.25) is 0 Å². The predicted molar refractivity (Wildman–Crippen MR) is 112 cm³/mol. The number of aromatic nitrogens is 3. The molecule has 2 aliphatic heterocycles.